The normalized spacial score (nSPS) is 11.9. The van der Waals surface area contributed by atoms with Crippen molar-refractivity contribution in [2.75, 3.05) is 24.0 Å². The van der Waals surface area contributed by atoms with Crippen molar-refractivity contribution < 1.29 is 23.8 Å². The number of fused-ring (bicyclic) bond motifs is 2. The largest absolute Gasteiger partial charge is 0.462 e. The van der Waals surface area contributed by atoms with Gasteiger partial charge in [0.25, 0.3) is 0 Å². The van der Waals surface area contributed by atoms with E-state index in [0.29, 0.717) is 33.1 Å². The predicted molar refractivity (Wildman–Crippen MR) is 108 cm³/mol. The highest BCUT2D eigenvalue weighted by atomic mass is 35.5. The lowest BCUT2D eigenvalue weighted by molar-refractivity contribution is 0.0527. The van der Waals surface area contributed by atoms with Gasteiger partial charge in [0.05, 0.1) is 12.1 Å². The van der Waals surface area contributed by atoms with Crippen LogP contribution >= 0.6 is 11.6 Å². The molecule has 0 bridgehead atoms. The summed E-state index contributed by atoms with van der Waals surface area (Å²) in [5.41, 5.74) is 1.15. The summed E-state index contributed by atoms with van der Waals surface area (Å²) in [5.74, 6) is 0.573. The molecule has 4 rings (SSSR count). The summed E-state index contributed by atoms with van der Waals surface area (Å²) in [4.78, 5) is 29.3. The van der Waals surface area contributed by atoms with E-state index < -0.39 is 12.0 Å². The first kappa shape index (κ1) is 18.8. The molecule has 9 heteroatoms. The van der Waals surface area contributed by atoms with E-state index in [1.807, 2.05) is 0 Å². The molecule has 3 aromatic rings. The number of rotatable bonds is 4. The highest BCUT2D eigenvalue weighted by Gasteiger charge is 2.21. The molecule has 0 saturated heterocycles. The summed E-state index contributed by atoms with van der Waals surface area (Å²) in [6.45, 7) is 2.00. The van der Waals surface area contributed by atoms with Gasteiger partial charge in [0.2, 0.25) is 6.79 Å². The number of aromatic nitrogens is 1. The summed E-state index contributed by atoms with van der Waals surface area (Å²) in [7, 11) is 0. The van der Waals surface area contributed by atoms with Crippen LogP contribution in [0.3, 0.4) is 0 Å². The maximum atomic E-state index is 12.4. The highest BCUT2D eigenvalue weighted by Crippen LogP contribution is 2.36. The second-order valence-corrected chi connectivity index (χ2v) is 6.53. The predicted octanol–water partition coefficient (Wildman–Crippen LogP) is 4.44. The van der Waals surface area contributed by atoms with Gasteiger partial charge in [0.1, 0.15) is 11.4 Å². The number of pyridine rings is 1. The lowest BCUT2D eigenvalue weighted by Gasteiger charge is -2.12. The van der Waals surface area contributed by atoms with Crippen molar-refractivity contribution in [3.05, 3.63) is 53.1 Å². The van der Waals surface area contributed by atoms with Crippen LogP contribution in [0.5, 0.6) is 11.5 Å². The number of anilines is 2. The number of halogens is 1. The molecule has 1 aliphatic heterocycles. The molecule has 8 nitrogen and oxygen atoms in total. The van der Waals surface area contributed by atoms with Gasteiger partial charge in [-0.1, -0.05) is 17.7 Å². The molecule has 0 spiro atoms. The smallest absolute Gasteiger partial charge is 0.341 e. The van der Waals surface area contributed by atoms with Crippen LogP contribution in [-0.2, 0) is 4.74 Å². The Morgan fingerprint density at radius 1 is 1.14 bits per heavy atom. The second kappa shape index (κ2) is 7.84. The number of esters is 1. The van der Waals surface area contributed by atoms with Gasteiger partial charge in [0, 0.05) is 22.2 Å². The maximum absolute atomic E-state index is 12.4. The first-order chi connectivity index (χ1) is 14.0. The summed E-state index contributed by atoms with van der Waals surface area (Å²) < 4.78 is 15.8. The van der Waals surface area contributed by atoms with Crippen molar-refractivity contribution in [3.8, 4) is 11.5 Å². The van der Waals surface area contributed by atoms with Gasteiger partial charge in [-0.3, -0.25) is 5.32 Å². The van der Waals surface area contributed by atoms with E-state index in [4.69, 9.17) is 25.8 Å². The van der Waals surface area contributed by atoms with Gasteiger partial charge in [0.15, 0.2) is 11.5 Å². The van der Waals surface area contributed by atoms with Crippen molar-refractivity contribution in [2.45, 2.75) is 6.92 Å². The number of carbonyl (C=O) groups is 2. The lowest BCUT2D eigenvalue weighted by Crippen LogP contribution is -2.22. The van der Waals surface area contributed by atoms with Gasteiger partial charge >= 0.3 is 12.0 Å². The highest BCUT2D eigenvalue weighted by molar-refractivity contribution is 6.30. The number of carbonyl (C=O) groups excluding carboxylic acids is 2. The zero-order valence-electron chi connectivity index (χ0n) is 15.3. The average Bonchev–Trinajstić information content (AvgIpc) is 3.13. The quantitative estimate of drug-likeness (QED) is 0.613. The molecule has 2 heterocycles. The Morgan fingerprint density at radius 3 is 2.69 bits per heavy atom. The van der Waals surface area contributed by atoms with Crippen molar-refractivity contribution >= 4 is 46.0 Å². The number of benzene rings is 2. The lowest BCUT2D eigenvalue weighted by atomic mass is 10.1. The average molecular weight is 414 g/mol. The third-order valence-electron chi connectivity index (χ3n) is 4.12. The number of nitrogens with one attached hydrogen (secondary N) is 2. The molecule has 0 aliphatic carbocycles. The molecule has 2 aromatic carbocycles. The fourth-order valence-corrected chi connectivity index (χ4v) is 3.05. The third-order valence-corrected chi connectivity index (χ3v) is 4.35. The first-order valence-electron chi connectivity index (χ1n) is 8.78. The van der Waals surface area contributed by atoms with E-state index in [1.165, 1.54) is 0 Å². The zero-order chi connectivity index (χ0) is 20.4. The first-order valence-corrected chi connectivity index (χ1v) is 9.16. The van der Waals surface area contributed by atoms with Gasteiger partial charge in [-0.25, -0.2) is 14.6 Å². The van der Waals surface area contributed by atoms with Crippen LogP contribution in [0.15, 0.2) is 42.5 Å². The van der Waals surface area contributed by atoms with Crippen LogP contribution in [-0.4, -0.2) is 30.4 Å². The second-order valence-electron chi connectivity index (χ2n) is 6.09. The van der Waals surface area contributed by atoms with E-state index in [-0.39, 0.29) is 24.8 Å². The molecule has 0 unspecified atom stereocenters. The summed E-state index contributed by atoms with van der Waals surface area (Å²) >= 11 is 5.93. The monoisotopic (exact) mass is 413 g/mol. The minimum atomic E-state index is -0.599. The Hall–Kier alpha value is -3.52. The van der Waals surface area contributed by atoms with E-state index in [2.05, 4.69) is 15.6 Å². The summed E-state index contributed by atoms with van der Waals surface area (Å²) in [5, 5.41) is 6.38. The van der Waals surface area contributed by atoms with Crippen LogP contribution in [0.25, 0.3) is 10.9 Å². The molecule has 0 saturated carbocycles. The van der Waals surface area contributed by atoms with E-state index in [0.717, 1.165) is 0 Å². The molecule has 2 N–H and O–H groups in total. The van der Waals surface area contributed by atoms with Crippen LogP contribution in [0.2, 0.25) is 5.02 Å². The molecule has 1 aromatic heterocycles. The molecule has 148 valence electrons. The molecule has 1 aliphatic rings. The van der Waals surface area contributed by atoms with E-state index >= 15 is 0 Å². The Balaban J connectivity index is 1.68. The van der Waals surface area contributed by atoms with Crippen molar-refractivity contribution in [1.29, 1.82) is 0 Å². The number of hydrogen-bond donors (Lipinski definition) is 2. The SMILES string of the molecule is CCOC(=O)c1cc2cc3c(cc2nc1NC(=O)Nc1cccc(Cl)c1)OCO3. The van der Waals surface area contributed by atoms with Gasteiger partial charge in [-0.05, 0) is 37.3 Å². The summed E-state index contributed by atoms with van der Waals surface area (Å²) in [6.07, 6.45) is 0. The standard InChI is InChI=1S/C20H16ClN3O5/c1-2-27-19(25)14-6-11-7-16-17(29-10-28-16)9-15(11)23-18(14)24-20(26)22-13-5-3-4-12(21)8-13/h3-9H,2,10H2,1H3,(H2,22,23,24,26). The van der Waals surface area contributed by atoms with Crippen LogP contribution < -0.4 is 20.1 Å². The topological polar surface area (TPSA) is 98.8 Å². The molecular formula is C20H16ClN3O5. The van der Waals surface area contributed by atoms with Crippen molar-refractivity contribution in [1.82, 2.24) is 4.98 Å². The fourth-order valence-electron chi connectivity index (χ4n) is 2.86. The van der Waals surface area contributed by atoms with Crippen molar-refractivity contribution in [2.24, 2.45) is 0 Å². The molecule has 0 fully saturated rings. The fraction of sp³-hybridized carbons (Fsp3) is 0.150. The minimum absolute atomic E-state index is 0.0642. The Labute approximate surface area is 170 Å². The number of ether oxygens (including phenoxy) is 3. The number of urea groups is 1. The van der Waals surface area contributed by atoms with Gasteiger partial charge < -0.3 is 19.5 Å². The van der Waals surface area contributed by atoms with Gasteiger partial charge in [-0.15, -0.1) is 0 Å². The number of amides is 2. The van der Waals surface area contributed by atoms with Crippen LogP contribution in [0.4, 0.5) is 16.3 Å². The minimum Gasteiger partial charge on any atom is -0.462 e. The Kier molecular flexibility index (Phi) is 5.09. The molecule has 0 radical (unpaired) electrons. The molecule has 2 amide bonds. The van der Waals surface area contributed by atoms with E-state index in [9.17, 15) is 9.59 Å². The Bertz CT molecular complexity index is 1120. The molecule has 0 atom stereocenters. The third kappa shape index (κ3) is 4.02. The summed E-state index contributed by atoms with van der Waals surface area (Å²) in [6, 6.07) is 11.1. The van der Waals surface area contributed by atoms with Gasteiger partial charge in [-0.2, -0.15) is 0 Å². The van der Waals surface area contributed by atoms with Crippen LogP contribution in [0.1, 0.15) is 17.3 Å². The Morgan fingerprint density at radius 2 is 1.93 bits per heavy atom. The molecule has 29 heavy (non-hydrogen) atoms. The van der Waals surface area contributed by atoms with Crippen LogP contribution in [0, 0.1) is 0 Å². The maximum Gasteiger partial charge on any atom is 0.341 e. The molecular weight excluding hydrogens is 398 g/mol. The number of hydrogen-bond acceptors (Lipinski definition) is 6. The van der Waals surface area contributed by atoms with Crippen molar-refractivity contribution in [3.63, 3.8) is 0 Å². The van der Waals surface area contributed by atoms with E-state index in [1.54, 1.807) is 49.4 Å². The number of nitrogens with zero attached hydrogens (tertiary/aromatic N) is 1. The zero-order valence-corrected chi connectivity index (χ0v) is 16.1.